The smallest absolute Gasteiger partial charge is 0.261 e. The standard InChI is InChI=1S/C19H22FNO2/c1-3-17(14-8-6-5-7-9-14)21-19(22)18(4-2)23-16-12-10-15(20)11-13-16/h5-13,17-18H,3-4H2,1-2H3,(H,21,22)/t17-,18-/m0/s1. The van der Waals surface area contributed by atoms with Crippen LogP contribution in [0.4, 0.5) is 4.39 Å². The van der Waals surface area contributed by atoms with Gasteiger partial charge in [0.25, 0.3) is 5.91 Å². The van der Waals surface area contributed by atoms with Crippen LogP contribution in [0.1, 0.15) is 38.3 Å². The third-order valence-corrected chi connectivity index (χ3v) is 3.68. The van der Waals surface area contributed by atoms with Crippen LogP contribution < -0.4 is 10.1 Å². The number of nitrogens with one attached hydrogen (secondary N) is 1. The highest BCUT2D eigenvalue weighted by Crippen LogP contribution is 2.18. The topological polar surface area (TPSA) is 38.3 Å². The summed E-state index contributed by atoms with van der Waals surface area (Å²) in [7, 11) is 0. The highest BCUT2D eigenvalue weighted by molar-refractivity contribution is 5.81. The van der Waals surface area contributed by atoms with Gasteiger partial charge in [-0.3, -0.25) is 4.79 Å². The van der Waals surface area contributed by atoms with Gasteiger partial charge in [-0.05, 0) is 42.7 Å². The van der Waals surface area contributed by atoms with Gasteiger partial charge >= 0.3 is 0 Å². The Hall–Kier alpha value is -2.36. The molecule has 0 saturated heterocycles. The van der Waals surface area contributed by atoms with E-state index in [1.54, 1.807) is 0 Å². The molecule has 2 atom stereocenters. The molecule has 2 rings (SSSR count). The first kappa shape index (κ1) is 17.0. The minimum atomic E-state index is -0.599. The van der Waals surface area contributed by atoms with Gasteiger partial charge in [0, 0.05) is 0 Å². The summed E-state index contributed by atoms with van der Waals surface area (Å²) in [5.74, 6) is -0.00124. The van der Waals surface area contributed by atoms with Crippen molar-refractivity contribution in [2.75, 3.05) is 0 Å². The van der Waals surface area contributed by atoms with E-state index in [4.69, 9.17) is 4.74 Å². The molecule has 23 heavy (non-hydrogen) atoms. The normalized spacial score (nSPS) is 13.2. The summed E-state index contributed by atoms with van der Waals surface area (Å²) < 4.78 is 18.6. The Labute approximate surface area is 136 Å². The number of hydrogen-bond donors (Lipinski definition) is 1. The van der Waals surface area contributed by atoms with Crippen molar-refractivity contribution in [2.24, 2.45) is 0 Å². The molecule has 1 amide bonds. The Bertz CT molecular complexity index is 613. The van der Waals surface area contributed by atoms with E-state index in [0.717, 1.165) is 12.0 Å². The van der Waals surface area contributed by atoms with Crippen molar-refractivity contribution in [3.05, 3.63) is 66.0 Å². The molecule has 0 heterocycles. The number of carbonyl (C=O) groups excluding carboxylic acids is 1. The van der Waals surface area contributed by atoms with Gasteiger partial charge in [0.2, 0.25) is 0 Å². The van der Waals surface area contributed by atoms with Crippen LogP contribution in [0.5, 0.6) is 5.75 Å². The number of amides is 1. The number of benzene rings is 2. The monoisotopic (exact) mass is 315 g/mol. The third kappa shape index (κ3) is 4.81. The van der Waals surface area contributed by atoms with Crippen molar-refractivity contribution in [3.8, 4) is 5.75 Å². The predicted octanol–water partition coefficient (Wildman–Crippen LogP) is 4.25. The van der Waals surface area contributed by atoms with Crippen LogP contribution in [0, 0.1) is 5.82 Å². The zero-order chi connectivity index (χ0) is 16.7. The zero-order valence-electron chi connectivity index (χ0n) is 13.5. The summed E-state index contributed by atoms with van der Waals surface area (Å²) in [4.78, 5) is 12.5. The summed E-state index contributed by atoms with van der Waals surface area (Å²) in [6.07, 6.45) is 0.732. The Morgan fingerprint density at radius 1 is 1.04 bits per heavy atom. The van der Waals surface area contributed by atoms with Gasteiger partial charge in [-0.2, -0.15) is 0 Å². The van der Waals surface area contributed by atoms with Gasteiger partial charge in [0.1, 0.15) is 11.6 Å². The molecule has 0 aliphatic heterocycles. The number of ether oxygens (including phenoxy) is 1. The van der Waals surface area contributed by atoms with E-state index in [2.05, 4.69) is 5.32 Å². The third-order valence-electron chi connectivity index (χ3n) is 3.68. The van der Waals surface area contributed by atoms with Crippen molar-refractivity contribution >= 4 is 5.91 Å². The molecular formula is C19H22FNO2. The van der Waals surface area contributed by atoms with Crippen LogP contribution in [-0.4, -0.2) is 12.0 Å². The molecule has 0 aliphatic rings. The fourth-order valence-electron chi connectivity index (χ4n) is 2.37. The molecule has 1 N–H and O–H groups in total. The minimum absolute atomic E-state index is 0.0467. The lowest BCUT2D eigenvalue weighted by atomic mass is 10.0. The first-order valence-electron chi connectivity index (χ1n) is 7.91. The molecule has 2 aromatic carbocycles. The van der Waals surface area contributed by atoms with Crippen LogP contribution in [0.3, 0.4) is 0 Å². The Kier molecular flexibility index (Phi) is 6.15. The Morgan fingerprint density at radius 3 is 2.26 bits per heavy atom. The maximum absolute atomic E-state index is 12.9. The molecule has 0 aliphatic carbocycles. The van der Waals surface area contributed by atoms with Crippen molar-refractivity contribution < 1.29 is 13.9 Å². The van der Waals surface area contributed by atoms with Crippen LogP contribution in [0.2, 0.25) is 0 Å². The number of rotatable bonds is 7. The maximum atomic E-state index is 12.9. The van der Waals surface area contributed by atoms with Crippen LogP contribution in [0.15, 0.2) is 54.6 Å². The number of hydrogen-bond acceptors (Lipinski definition) is 2. The fourth-order valence-corrected chi connectivity index (χ4v) is 2.37. The second kappa shape index (κ2) is 8.32. The molecule has 3 nitrogen and oxygen atoms in total. The quantitative estimate of drug-likeness (QED) is 0.829. The lowest BCUT2D eigenvalue weighted by molar-refractivity contribution is -0.128. The molecule has 4 heteroatoms. The minimum Gasteiger partial charge on any atom is -0.481 e. The average Bonchev–Trinajstić information content (AvgIpc) is 2.59. The van der Waals surface area contributed by atoms with Crippen LogP contribution >= 0.6 is 0 Å². The lowest BCUT2D eigenvalue weighted by Crippen LogP contribution is -2.39. The van der Waals surface area contributed by atoms with Crippen molar-refractivity contribution in [3.63, 3.8) is 0 Å². The van der Waals surface area contributed by atoms with E-state index in [1.165, 1.54) is 24.3 Å². The molecule has 122 valence electrons. The van der Waals surface area contributed by atoms with E-state index in [9.17, 15) is 9.18 Å². The molecule has 0 spiro atoms. The van der Waals surface area contributed by atoms with E-state index in [1.807, 2.05) is 44.2 Å². The lowest BCUT2D eigenvalue weighted by Gasteiger charge is -2.22. The van der Waals surface area contributed by atoms with E-state index in [-0.39, 0.29) is 17.8 Å². The maximum Gasteiger partial charge on any atom is 0.261 e. The number of carbonyl (C=O) groups is 1. The fraction of sp³-hybridized carbons (Fsp3) is 0.316. The summed E-state index contributed by atoms with van der Waals surface area (Å²) in [5.41, 5.74) is 1.07. The average molecular weight is 315 g/mol. The molecule has 0 aromatic heterocycles. The van der Waals surface area contributed by atoms with E-state index >= 15 is 0 Å². The van der Waals surface area contributed by atoms with Gasteiger partial charge in [-0.15, -0.1) is 0 Å². The van der Waals surface area contributed by atoms with Gasteiger partial charge in [-0.1, -0.05) is 44.2 Å². The second-order valence-electron chi connectivity index (χ2n) is 5.35. The molecule has 2 aromatic rings. The highest BCUT2D eigenvalue weighted by atomic mass is 19.1. The molecule has 0 radical (unpaired) electrons. The van der Waals surface area contributed by atoms with E-state index < -0.39 is 6.10 Å². The molecular weight excluding hydrogens is 293 g/mol. The predicted molar refractivity (Wildman–Crippen MR) is 88.7 cm³/mol. The summed E-state index contributed by atoms with van der Waals surface area (Å²) in [6, 6.07) is 15.5. The van der Waals surface area contributed by atoms with Crippen LogP contribution in [-0.2, 0) is 4.79 Å². The van der Waals surface area contributed by atoms with Crippen molar-refractivity contribution in [2.45, 2.75) is 38.8 Å². The Balaban J connectivity index is 2.02. The first-order chi connectivity index (χ1) is 11.1. The summed E-state index contributed by atoms with van der Waals surface area (Å²) >= 11 is 0. The molecule has 0 fully saturated rings. The van der Waals surface area contributed by atoms with Crippen molar-refractivity contribution in [1.29, 1.82) is 0 Å². The zero-order valence-corrected chi connectivity index (χ0v) is 13.5. The molecule has 0 bridgehead atoms. The first-order valence-corrected chi connectivity index (χ1v) is 7.91. The Morgan fingerprint density at radius 2 is 1.70 bits per heavy atom. The summed E-state index contributed by atoms with van der Waals surface area (Å²) in [6.45, 7) is 3.91. The second-order valence-corrected chi connectivity index (χ2v) is 5.35. The SMILES string of the molecule is CC[C@H](Oc1ccc(F)cc1)C(=O)N[C@@H](CC)c1ccccc1. The van der Waals surface area contributed by atoms with Gasteiger partial charge in [0.05, 0.1) is 6.04 Å². The number of halogens is 1. The summed E-state index contributed by atoms with van der Waals surface area (Å²) in [5, 5.41) is 3.03. The van der Waals surface area contributed by atoms with Crippen LogP contribution in [0.25, 0.3) is 0 Å². The largest absolute Gasteiger partial charge is 0.481 e. The van der Waals surface area contributed by atoms with Gasteiger partial charge < -0.3 is 10.1 Å². The highest BCUT2D eigenvalue weighted by Gasteiger charge is 2.21. The van der Waals surface area contributed by atoms with Crippen molar-refractivity contribution in [1.82, 2.24) is 5.32 Å². The van der Waals surface area contributed by atoms with Gasteiger partial charge in [-0.25, -0.2) is 4.39 Å². The van der Waals surface area contributed by atoms with E-state index in [0.29, 0.717) is 12.2 Å². The molecule has 0 unspecified atom stereocenters. The molecule has 0 saturated carbocycles. The van der Waals surface area contributed by atoms with Gasteiger partial charge in [0.15, 0.2) is 6.10 Å².